The van der Waals surface area contributed by atoms with Gasteiger partial charge in [-0.1, -0.05) is 36.3 Å². The first kappa shape index (κ1) is 14.2. The monoisotopic (exact) mass is 312 g/mol. The fourth-order valence-corrected chi connectivity index (χ4v) is 3.78. The van der Waals surface area contributed by atoms with Crippen LogP contribution in [-0.2, 0) is 16.6 Å². The van der Waals surface area contributed by atoms with Gasteiger partial charge in [0.25, 0.3) is 10.0 Å². The number of para-hydroxylation sites is 2. The number of hydrogen-bond donors (Lipinski definition) is 0. The molecular weight excluding hydrogens is 300 g/mol. The van der Waals surface area contributed by atoms with Gasteiger partial charge in [-0.05, 0) is 24.3 Å². The van der Waals surface area contributed by atoms with Crippen molar-refractivity contribution in [2.24, 2.45) is 0 Å². The summed E-state index contributed by atoms with van der Waals surface area (Å²) in [7, 11) is -3.98. The fraction of sp³-hybridized carbons (Fsp3) is 0.0625. The van der Waals surface area contributed by atoms with E-state index in [0.717, 1.165) is 3.97 Å². The van der Waals surface area contributed by atoms with E-state index >= 15 is 0 Å². The maximum Gasteiger partial charge on any atom is 0.344 e. The molecule has 0 amide bonds. The molecule has 0 saturated carbocycles. The third-order valence-electron chi connectivity index (χ3n) is 3.33. The minimum absolute atomic E-state index is 0.0106. The minimum atomic E-state index is -3.98. The summed E-state index contributed by atoms with van der Waals surface area (Å²) in [5.41, 5.74) is 0.138. The Balaban J connectivity index is 2.40. The molecule has 5 nitrogen and oxygen atoms in total. The molecule has 0 spiro atoms. The van der Waals surface area contributed by atoms with Gasteiger partial charge in [0.1, 0.15) is 0 Å². The Hall–Kier alpha value is -2.78. The van der Waals surface area contributed by atoms with E-state index in [-0.39, 0.29) is 11.4 Å². The summed E-state index contributed by atoms with van der Waals surface area (Å²) in [6.45, 7) is 0.0106. The van der Waals surface area contributed by atoms with Gasteiger partial charge in [-0.2, -0.15) is 3.97 Å². The van der Waals surface area contributed by atoms with Crippen molar-refractivity contribution in [1.82, 2.24) is 8.54 Å². The normalized spacial score (nSPS) is 11.4. The molecule has 0 radical (unpaired) electrons. The second kappa shape index (κ2) is 5.20. The maximum atomic E-state index is 12.8. The van der Waals surface area contributed by atoms with Gasteiger partial charge in [0, 0.05) is 0 Å². The zero-order valence-corrected chi connectivity index (χ0v) is 12.3. The third-order valence-corrected chi connectivity index (χ3v) is 5.03. The molecule has 0 aliphatic carbocycles. The minimum Gasteiger partial charge on any atom is -0.279 e. The molecule has 0 aliphatic heterocycles. The van der Waals surface area contributed by atoms with Crippen LogP contribution in [0.25, 0.3) is 11.0 Å². The summed E-state index contributed by atoms with van der Waals surface area (Å²) in [5, 5.41) is 0. The van der Waals surface area contributed by atoms with Crippen molar-refractivity contribution in [3.05, 3.63) is 65.1 Å². The number of benzene rings is 2. The highest BCUT2D eigenvalue weighted by atomic mass is 32.2. The average Bonchev–Trinajstić information content (AvgIpc) is 2.82. The molecule has 0 fully saturated rings. The Bertz CT molecular complexity index is 1040. The van der Waals surface area contributed by atoms with Crippen molar-refractivity contribution >= 4 is 21.1 Å². The lowest BCUT2D eigenvalue weighted by Gasteiger charge is -2.05. The second-order valence-electron chi connectivity index (χ2n) is 4.64. The summed E-state index contributed by atoms with van der Waals surface area (Å²) in [5.74, 6) is 2.38. The molecule has 0 saturated heterocycles. The van der Waals surface area contributed by atoms with E-state index in [0.29, 0.717) is 11.0 Å². The molecule has 1 aromatic heterocycles. The Morgan fingerprint density at radius 2 is 1.55 bits per heavy atom. The first-order chi connectivity index (χ1) is 10.6. The van der Waals surface area contributed by atoms with Gasteiger partial charge in [0.2, 0.25) is 0 Å². The van der Waals surface area contributed by atoms with Crippen LogP contribution in [-0.4, -0.2) is 17.0 Å². The van der Waals surface area contributed by atoms with Crippen LogP contribution in [0.2, 0.25) is 0 Å². The highest BCUT2D eigenvalue weighted by molar-refractivity contribution is 7.90. The first-order valence-electron chi connectivity index (χ1n) is 6.52. The molecule has 1 heterocycles. The van der Waals surface area contributed by atoms with Crippen molar-refractivity contribution < 1.29 is 8.42 Å². The number of nitrogens with zero attached hydrogens (tertiary/aromatic N) is 2. The number of fused-ring (bicyclic) bond motifs is 1. The topological polar surface area (TPSA) is 61.1 Å². The van der Waals surface area contributed by atoms with E-state index in [2.05, 4.69) is 5.92 Å². The van der Waals surface area contributed by atoms with Crippen LogP contribution >= 0.6 is 0 Å². The third kappa shape index (κ3) is 2.03. The molecule has 2 aromatic carbocycles. The molecule has 0 N–H and O–H groups in total. The lowest BCUT2D eigenvalue weighted by Crippen LogP contribution is -2.29. The highest BCUT2D eigenvalue weighted by Gasteiger charge is 2.24. The molecule has 6 heteroatoms. The number of imidazole rings is 1. The summed E-state index contributed by atoms with van der Waals surface area (Å²) < 4.78 is 27.6. The fourth-order valence-electron chi connectivity index (χ4n) is 2.35. The zero-order chi connectivity index (χ0) is 15.7. The van der Waals surface area contributed by atoms with Gasteiger partial charge in [0.05, 0.1) is 22.5 Å². The molecule has 110 valence electrons. The van der Waals surface area contributed by atoms with Crippen LogP contribution in [0.5, 0.6) is 0 Å². The van der Waals surface area contributed by atoms with Crippen LogP contribution in [0.3, 0.4) is 0 Å². The number of rotatable bonds is 3. The molecule has 0 aliphatic rings. The average molecular weight is 312 g/mol. The predicted molar refractivity (Wildman–Crippen MR) is 84.1 cm³/mol. The number of terminal acetylenes is 1. The molecule has 0 unspecified atom stereocenters. The van der Waals surface area contributed by atoms with Gasteiger partial charge in [-0.15, -0.1) is 6.42 Å². The molecule has 0 atom stereocenters. The lowest BCUT2D eigenvalue weighted by molar-refractivity contribution is 0.585. The van der Waals surface area contributed by atoms with Gasteiger partial charge in [-0.3, -0.25) is 4.57 Å². The summed E-state index contributed by atoms with van der Waals surface area (Å²) >= 11 is 0. The SMILES string of the molecule is C#CCn1c(=O)n(S(=O)(=O)c2ccccc2)c2ccccc21. The van der Waals surface area contributed by atoms with E-state index < -0.39 is 15.7 Å². The van der Waals surface area contributed by atoms with Crippen molar-refractivity contribution in [2.75, 3.05) is 0 Å². The lowest BCUT2D eigenvalue weighted by atomic mass is 10.3. The molecule has 3 rings (SSSR count). The van der Waals surface area contributed by atoms with Crippen LogP contribution in [0.4, 0.5) is 0 Å². The van der Waals surface area contributed by atoms with Crippen LogP contribution < -0.4 is 5.69 Å². The summed E-state index contributed by atoms with van der Waals surface area (Å²) in [6, 6.07) is 14.5. The second-order valence-corrected chi connectivity index (χ2v) is 6.43. The largest absolute Gasteiger partial charge is 0.344 e. The molecule has 0 bridgehead atoms. The van der Waals surface area contributed by atoms with E-state index in [1.165, 1.54) is 16.7 Å². The first-order valence-corrected chi connectivity index (χ1v) is 7.96. The van der Waals surface area contributed by atoms with Crippen LogP contribution in [0, 0.1) is 12.3 Å². The van der Waals surface area contributed by atoms with Gasteiger partial charge < -0.3 is 0 Å². The van der Waals surface area contributed by atoms with Gasteiger partial charge in [-0.25, -0.2) is 13.2 Å². The van der Waals surface area contributed by atoms with Crippen LogP contribution in [0.15, 0.2) is 64.3 Å². The van der Waals surface area contributed by atoms with E-state index in [4.69, 9.17) is 6.42 Å². The van der Waals surface area contributed by atoms with Crippen molar-refractivity contribution in [3.8, 4) is 12.3 Å². The standard InChI is InChI=1S/C16H12N2O3S/c1-2-12-17-14-10-6-7-11-15(14)18(16(17)19)22(20,21)13-8-4-3-5-9-13/h1,3-11H,12H2. The Kier molecular flexibility index (Phi) is 3.35. The maximum absolute atomic E-state index is 12.8. The predicted octanol–water partition coefficient (Wildman–Crippen LogP) is 1.67. The van der Waals surface area contributed by atoms with E-state index in [9.17, 15) is 13.2 Å². The van der Waals surface area contributed by atoms with E-state index in [1.54, 1.807) is 42.5 Å². The molecule has 3 aromatic rings. The Morgan fingerprint density at radius 3 is 2.18 bits per heavy atom. The van der Waals surface area contributed by atoms with Crippen molar-refractivity contribution in [3.63, 3.8) is 0 Å². The summed E-state index contributed by atoms with van der Waals surface area (Å²) in [6.07, 6.45) is 5.28. The zero-order valence-electron chi connectivity index (χ0n) is 11.5. The Labute approximate surface area is 127 Å². The number of aromatic nitrogens is 2. The highest BCUT2D eigenvalue weighted by Crippen LogP contribution is 2.19. The van der Waals surface area contributed by atoms with E-state index in [1.807, 2.05) is 0 Å². The quantitative estimate of drug-likeness (QED) is 0.691. The molecule has 22 heavy (non-hydrogen) atoms. The smallest absolute Gasteiger partial charge is 0.279 e. The molecular formula is C16H12N2O3S. The Morgan fingerprint density at radius 1 is 0.955 bits per heavy atom. The van der Waals surface area contributed by atoms with Crippen LogP contribution in [0.1, 0.15) is 0 Å². The summed E-state index contributed by atoms with van der Waals surface area (Å²) in [4.78, 5) is 12.6. The van der Waals surface area contributed by atoms with Crippen molar-refractivity contribution in [1.29, 1.82) is 0 Å². The van der Waals surface area contributed by atoms with Gasteiger partial charge in [0.15, 0.2) is 0 Å². The number of hydrogen-bond acceptors (Lipinski definition) is 3. The van der Waals surface area contributed by atoms with Crippen molar-refractivity contribution in [2.45, 2.75) is 11.4 Å². The van der Waals surface area contributed by atoms with Gasteiger partial charge >= 0.3 is 5.69 Å².